The number of esters is 1. The van der Waals surface area contributed by atoms with Crippen molar-refractivity contribution in [2.75, 3.05) is 32.9 Å². The van der Waals surface area contributed by atoms with E-state index in [0.29, 0.717) is 23.1 Å². The van der Waals surface area contributed by atoms with Gasteiger partial charge >= 0.3 is 5.97 Å². The molecule has 0 fully saturated rings. The number of anilines is 1. The zero-order chi connectivity index (χ0) is 22.0. The second-order valence-electron chi connectivity index (χ2n) is 6.65. The van der Waals surface area contributed by atoms with Crippen LogP contribution in [0.2, 0.25) is 5.02 Å². The molecule has 7 nitrogen and oxygen atoms in total. The van der Waals surface area contributed by atoms with Gasteiger partial charge in [-0.15, -0.1) is 0 Å². The van der Waals surface area contributed by atoms with Gasteiger partial charge in [0.1, 0.15) is 5.03 Å². The molecule has 2 heterocycles. The summed E-state index contributed by atoms with van der Waals surface area (Å²) in [5.41, 5.74) is 3.63. The van der Waals surface area contributed by atoms with Crippen LogP contribution >= 0.6 is 23.4 Å². The molecule has 0 saturated heterocycles. The molecule has 0 radical (unpaired) electrons. The summed E-state index contributed by atoms with van der Waals surface area (Å²) in [4.78, 5) is 16.8. The summed E-state index contributed by atoms with van der Waals surface area (Å²) in [6.07, 6.45) is 2.73. The van der Waals surface area contributed by atoms with Crippen molar-refractivity contribution in [3.63, 3.8) is 0 Å². The van der Waals surface area contributed by atoms with Gasteiger partial charge in [0.15, 0.2) is 11.5 Å². The van der Waals surface area contributed by atoms with Crippen LogP contribution in [0.25, 0.3) is 0 Å². The minimum atomic E-state index is -0.496. The number of ether oxygens (including phenoxy) is 3. The van der Waals surface area contributed by atoms with Crippen molar-refractivity contribution >= 4 is 45.8 Å². The minimum Gasteiger partial charge on any atom is -0.493 e. The lowest BCUT2D eigenvalue weighted by atomic mass is 9.96. The number of nitrogens with zero attached hydrogens (tertiary/aromatic N) is 3. The lowest BCUT2D eigenvalue weighted by Gasteiger charge is -2.20. The SMILES string of the molecule is COC(=O)C1=NN(c2ccc(Cl)cc2)/C(=C/C2=NCCc3cc(OC)c(OC)cc32)S1. The van der Waals surface area contributed by atoms with Gasteiger partial charge in [0.05, 0.1) is 32.7 Å². The van der Waals surface area contributed by atoms with E-state index >= 15 is 0 Å². The first-order valence-corrected chi connectivity index (χ1v) is 10.7. The third-order valence-corrected chi connectivity index (χ3v) is 6.03. The zero-order valence-corrected chi connectivity index (χ0v) is 18.8. The van der Waals surface area contributed by atoms with E-state index in [1.165, 1.54) is 18.9 Å². The number of halogens is 1. The van der Waals surface area contributed by atoms with E-state index in [1.807, 2.05) is 30.3 Å². The number of aliphatic imine (C=N–C) groups is 1. The third kappa shape index (κ3) is 4.26. The fraction of sp³-hybridized carbons (Fsp3) is 0.227. The van der Waals surface area contributed by atoms with Crippen molar-refractivity contribution < 1.29 is 19.0 Å². The Balaban J connectivity index is 1.76. The van der Waals surface area contributed by atoms with Crippen LogP contribution in [-0.4, -0.2) is 44.6 Å². The van der Waals surface area contributed by atoms with Crippen LogP contribution < -0.4 is 14.5 Å². The predicted octanol–water partition coefficient (Wildman–Crippen LogP) is 4.28. The highest BCUT2D eigenvalue weighted by Crippen LogP contribution is 2.37. The number of benzene rings is 2. The second-order valence-corrected chi connectivity index (χ2v) is 8.10. The number of thioether (sulfide) groups is 1. The smallest absolute Gasteiger partial charge is 0.365 e. The van der Waals surface area contributed by atoms with Gasteiger partial charge in [-0.05, 0) is 66.2 Å². The Kier molecular flexibility index (Phi) is 6.20. The van der Waals surface area contributed by atoms with Crippen LogP contribution in [0.1, 0.15) is 11.1 Å². The van der Waals surface area contributed by atoms with E-state index in [1.54, 1.807) is 31.4 Å². The Bertz CT molecular complexity index is 1110. The number of hydrogen-bond acceptors (Lipinski definition) is 8. The number of hydrogen-bond donors (Lipinski definition) is 0. The highest BCUT2D eigenvalue weighted by molar-refractivity contribution is 8.19. The molecule has 4 rings (SSSR count). The van der Waals surface area contributed by atoms with Gasteiger partial charge < -0.3 is 14.2 Å². The van der Waals surface area contributed by atoms with Crippen LogP contribution in [0.4, 0.5) is 5.69 Å². The number of fused-ring (bicyclic) bond motifs is 1. The Morgan fingerprint density at radius 2 is 1.84 bits per heavy atom. The molecule has 2 aliphatic rings. The molecule has 2 aromatic carbocycles. The summed E-state index contributed by atoms with van der Waals surface area (Å²) in [5, 5.41) is 7.72. The van der Waals surface area contributed by atoms with E-state index in [-0.39, 0.29) is 5.04 Å². The maximum Gasteiger partial charge on any atom is 0.365 e. The molecule has 2 aromatic rings. The monoisotopic (exact) mass is 457 g/mol. The molecule has 0 atom stereocenters. The average Bonchev–Trinajstić information content (AvgIpc) is 3.22. The van der Waals surface area contributed by atoms with Crippen molar-refractivity contribution in [3.8, 4) is 11.5 Å². The van der Waals surface area contributed by atoms with E-state index in [2.05, 4.69) is 5.10 Å². The van der Waals surface area contributed by atoms with Gasteiger partial charge in [-0.1, -0.05) is 11.6 Å². The number of methoxy groups -OCH3 is 3. The summed E-state index contributed by atoms with van der Waals surface area (Å²) in [6, 6.07) is 11.1. The van der Waals surface area contributed by atoms with E-state index in [4.69, 9.17) is 30.8 Å². The minimum absolute atomic E-state index is 0.243. The lowest BCUT2D eigenvalue weighted by Crippen LogP contribution is -2.15. The normalized spacial score (nSPS) is 16.5. The number of carbonyl (C=O) groups is 1. The zero-order valence-electron chi connectivity index (χ0n) is 17.2. The first-order chi connectivity index (χ1) is 15.0. The first-order valence-electron chi connectivity index (χ1n) is 9.46. The van der Waals surface area contributed by atoms with Crippen LogP contribution in [0.15, 0.2) is 57.6 Å². The third-order valence-electron chi connectivity index (χ3n) is 4.84. The number of carbonyl (C=O) groups excluding carboxylic acids is 1. The highest BCUT2D eigenvalue weighted by atomic mass is 35.5. The van der Waals surface area contributed by atoms with Crippen LogP contribution in [0, 0.1) is 0 Å². The predicted molar refractivity (Wildman–Crippen MR) is 124 cm³/mol. The molecule has 9 heteroatoms. The molecular weight excluding hydrogens is 438 g/mol. The Morgan fingerprint density at radius 1 is 1.13 bits per heavy atom. The van der Waals surface area contributed by atoms with Gasteiger partial charge in [0, 0.05) is 17.1 Å². The lowest BCUT2D eigenvalue weighted by molar-refractivity contribution is -0.132. The molecule has 0 bridgehead atoms. The van der Waals surface area contributed by atoms with Crippen molar-refractivity contribution in [2.24, 2.45) is 10.1 Å². The van der Waals surface area contributed by atoms with Crippen molar-refractivity contribution in [3.05, 3.63) is 63.7 Å². The Labute approximate surface area is 189 Å². The molecule has 0 amide bonds. The van der Waals surface area contributed by atoms with E-state index in [9.17, 15) is 4.79 Å². The summed E-state index contributed by atoms with van der Waals surface area (Å²) in [6.45, 7) is 0.651. The summed E-state index contributed by atoms with van der Waals surface area (Å²) in [7, 11) is 4.56. The molecule has 160 valence electrons. The number of allylic oxidation sites excluding steroid dienone is 1. The Hall–Kier alpha value is -2.97. The molecule has 0 aromatic heterocycles. The van der Waals surface area contributed by atoms with Crippen LogP contribution in [0.5, 0.6) is 11.5 Å². The first kappa shape index (κ1) is 21.3. The average molecular weight is 458 g/mol. The Morgan fingerprint density at radius 3 is 2.52 bits per heavy atom. The maximum atomic E-state index is 12.1. The molecule has 0 aliphatic carbocycles. The van der Waals surface area contributed by atoms with E-state index in [0.717, 1.165) is 34.0 Å². The molecule has 0 unspecified atom stereocenters. The topological polar surface area (TPSA) is 72.7 Å². The maximum absolute atomic E-state index is 12.1. The van der Waals surface area contributed by atoms with Gasteiger partial charge in [0.2, 0.25) is 5.04 Å². The van der Waals surface area contributed by atoms with Gasteiger partial charge in [0.25, 0.3) is 0 Å². The molecule has 0 saturated carbocycles. The summed E-state index contributed by atoms with van der Waals surface area (Å²) < 4.78 is 15.8. The van der Waals surface area contributed by atoms with Crippen LogP contribution in [-0.2, 0) is 16.0 Å². The number of hydrazone groups is 1. The van der Waals surface area contributed by atoms with Gasteiger partial charge in [-0.3, -0.25) is 4.99 Å². The van der Waals surface area contributed by atoms with Gasteiger partial charge in [-0.2, -0.15) is 5.10 Å². The number of rotatable bonds is 5. The van der Waals surface area contributed by atoms with E-state index < -0.39 is 5.97 Å². The van der Waals surface area contributed by atoms with Gasteiger partial charge in [-0.25, -0.2) is 9.80 Å². The quantitative estimate of drug-likeness (QED) is 0.624. The highest BCUT2D eigenvalue weighted by Gasteiger charge is 2.29. The fourth-order valence-corrected chi connectivity index (χ4v) is 4.34. The second kappa shape index (κ2) is 9.03. The van der Waals surface area contributed by atoms with Crippen molar-refractivity contribution in [1.82, 2.24) is 0 Å². The molecule has 0 N–H and O–H groups in total. The van der Waals surface area contributed by atoms with Crippen molar-refractivity contribution in [1.29, 1.82) is 0 Å². The molecule has 2 aliphatic heterocycles. The summed E-state index contributed by atoms with van der Waals surface area (Å²) >= 11 is 7.26. The fourth-order valence-electron chi connectivity index (χ4n) is 3.32. The summed E-state index contributed by atoms with van der Waals surface area (Å²) in [5.74, 6) is 0.823. The molecule has 31 heavy (non-hydrogen) atoms. The molecule has 0 spiro atoms. The van der Waals surface area contributed by atoms with Crippen LogP contribution in [0.3, 0.4) is 0 Å². The van der Waals surface area contributed by atoms with Crippen molar-refractivity contribution in [2.45, 2.75) is 6.42 Å². The molecular formula is C22H20ClN3O4S. The largest absolute Gasteiger partial charge is 0.493 e. The standard InChI is InChI=1S/C22H20ClN3O4S/c1-28-18-10-13-8-9-24-17(16(13)11-19(18)29-2)12-20-26(15-6-4-14(23)5-7-15)25-21(31-20)22(27)30-3/h4-7,10-12H,8-9H2,1-3H3/b20-12-.